The van der Waals surface area contributed by atoms with Crippen LogP contribution >= 0.6 is 11.6 Å². The monoisotopic (exact) mass is 278 g/mol. The minimum atomic E-state index is -0.248. The Labute approximate surface area is 114 Å². The van der Waals surface area contributed by atoms with E-state index in [9.17, 15) is 10.2 Å². The molecule has 5 heteroatoms. The first kappa shape index (κ1) is 12.0. The third kappa shape index (κ3) is 1.94. The first-order valence-electron chi connectivity index (χ1n) is 5.79. The Morgan fingerprint density at radius 3 is 2.37 bits per heavy atom. The Hall–Kier alpha value is -2.07. The molecule has 0 unspecified atom stereocenters. The van der Waals surface area contributed by atoms with Crippen LogP contribution in [0.25, 0.3) is 0 Å². The van der Waals surface area contributed by atoms with Gasteiger partial charge in [0.05, 0.1) is 0 Å². The average molecular weight is 279 g/mol. The van der Waals surface area contributed by atoms with E-state index in [1.165, 1.54) is 6.07 Å². The number of benzene rings is 2. The van der Waals surface area contributed by atoms with Crippen LogP contribution in [0, 0.1) is 0 Å². The lowest BCUT2D eigenvalue weighted by Gasteiger charge is -2.23. The Bertz CT molecular complexity index is 640. The highest BCUT2D eigenvalue weighted by Crippen LogP contribution is 2.51. The molecule has 0 saturated carbocycles. The van der Waals surface area contributed by atoms with E-state index in [1.807, 2.05) is 12.1 Å². The van der Waals surface area contributed by atoms with E-state index in [-0.39, 0.29) is 11.5 Å². The summed E-state index contributed by atoms with van der Waals surface area (Å²) in [4.78, 5) is 0. The molecule has 0 aromatic heterocycles. The lowest BCUT2D eigenvalue weighted by molar-refractivity contribution is 0.341. The van der Waals surface area contributed by atoms with Crippen LogP contribution in [0.3, 0.4) is 0 Å². The molecule has 0 spiro atoms. The summed E-state index contributed by atoms with van der Waals surface area (Å²) in [7, 11) is 0. The van der Waals surface area contributed by atoms with Gasteiger partial charge < -0.3 is 19.7 Å². The van der Waals surface area contributed by atoms with Crippen molar-refractivity contribution >= 4 is 11.6 Å². The average Bonchev–Trinajstić information content (AvgIpc) is 2.42. The number of phenolic OH excluding ortho intramolecular Hbond substituents is 2. The topological polar surface area (TPSA) is 58.9 Å². The van der Waals surface area contributed by atoms with Crippen molar-refractivity contribution in [2.75, 3.05) is 5.88 Å². The molecule has 0 amide bonds. The fourth-order valence-electron chi connectivity index (χ4n) is 2.03. The van der Waals surface area contributed by atoms with E-state index < -0.39 is 0 Å². The minimum absolute atomic E-state index is 0.220. The lowest BCUT2D eigenvalue weighted by Crippen LogP contribution is -2.03. The van der Waals surface area contributed by atoms with Gasteiger partial charge in [0.1, 0.15) is 0 Å². The predicted octanol–water partition coefficient (Wildman–Crippen LogP) is 3.78. The number of hydrogen-bond donors (Lipinski definition) is 2. The molecule has 1 aliphatic rings. The van der Waals surface area contributed by atoms with Crippen molar-refractivity contribution in [1.82, 2.24) is 0 Å². The maximum atomic E-state index is 9.89. The molecule has 0 bridgehead atoms. The second kappa shape index (κ2) is 4.55. The summed E-state index contributed by atoms with van der Waals surface area (Å²) in [6.45, 7) is 0. The van der Waals surface area contributed by atoms with Gasteiger partial charge in [-0.2, -0.15) is 0 Å². The van der Waals surface area contributed by atoms with Gasteiger partial charge in [0.15, 0.2) is 34.5 Å². The van der Waals surface area contributed by atoms with Crippen LogP contribution in [0.15, 0.2) is 30.3 Å². The third-order valence-electron chi connectivity index (χ3n) is 2.92. The molecule has 2 aromatic carbocycles. The van der Waals surface area contributed by atoms with E-state index in [0.29, 0.717) is 40.9 Å². The van der Waals surface area contributed by atoms with Crippen LogP contribution < -0.4 is 9.47 Å². The van der Waals surface area contributed by atoms with Crippen molar-refractivity contribution in [2.45, 2.75) is 6.42 Å². The molecular weight excluding hydrogens is 268 g/mol. The highest BCUT2D eigenvalue weighted by Gasteiger charge is 2.25. The van der Waals surface area contributed by atoms with Crippen LogP contribution in [-0.4, -0.2) is 16.1 Å². The fourth-order valence-corrected chi connectivity index (χ4v) is 2.22. The number of fused-ring (bicyclic) bond motifs is 2. The number of halogens is 1. The summed E-state index contributed by atoms with van der Waals surface area (Å²) in [5.74, 6) is 1.73. The molecule has 98 valence electrons. The van der Waals surface area contributed by atoms with E-state index in [4.69, 9.17) is 21.1 Å². The number of alkyl halides is 1. The number of hydrogen-bond acceptors (Lipinski definition) is 4. The molecule has 0 aliphatic carbocycles. The van der Waals surface area contributed by atoms with Gasteiger partial charge >= 0.3 is 0 Å². The highest BCUT2D eigenvalue weighted by molar-refractivity contribution is 6.18. The maximum Gasteiger partial charge on any atom is 0.177 e. The van der Waals surface area contributed by atoms with Crippen molar-refractivity contribution in [3.05, 3.63) is 35.9 Å². The molecule has 3 rings (SSSR count). The zero-order valence-electron chi connectivity index (χ0n) is 9.89. The highest BCUT2D eigenvalue weighted by atomic mass is 35.5. The van der Waals surface area contributed by atoms with Crippen LogP contribution in [-0.2, 0) is 6.42 Å². The van der Waals surface area contributed by atoms with Crippen molar-refractivity contribution in [2.24, 2.45) is 0 Å². The van der Waals surface area contributed by atoms with Gasteiger partial charge in [0, 0.05) is 17.5 Å². The minimum Gasteiger partial charge on any atom is -0.504 e. The Morgan fingerprint density at radius 1 is 1.00 bits per heavy atom. The number of ether oxygens (including phenoxy) is 2. The van der Waals surface area contributed by atoms with E-state index in [2.05, 4.69) is 0 Å². The van der Waals surface area contributed by atoms with Crippen LogP contribution in [0.1, 0.15) is 5.56 Å². The molecule has 1 aliphatic heterocycles. The third-order valence-corrected chi connectivity index (χ3v) is 3.11. The molecule has 0 radical (unpaired) electrons. The van der Waals surface area contributed by atoms with Gasteiger partial charge in [0.2, 0.25) is 0 Å². The summed E-state index contributed by atoms with van der Waals surface area (Å²) in [6.07, 6.45) is 0.371. The number of phenols is 2. The van der Waals surface area contributed by atoms with Crippen LogP contribution in [0.5, 0.6) is 34.5 Å². The molecule has 19 heavy (non-hydrogen) atoms. The van der Waals surface area contributed by atoms with E-state index in [1.54, 1.807) is 12.1 Å². The molecule has 0 fully saturated rings. The van der Waals surface area contributed by atoms with E-state index >= 15 is 0 Å². The van der Waals surface area contributed by atoms with E-state index in [0.717, 1.165) is 0 Å². The summed E-state index contributed by atoms with van der Waals surface area (Å²) < 4.78 is 11.4. The fraction of sp³-hybridized carbons (Fsp3) is 0.143. The van der Waals surface area contributed by atoms with Gasteiger partial charge in [-0.05, 0) is 18.6 Å². The Balaban J connectivity index is 2.14. The van der Waals surface area contributed by atoms with Crippen LogP contribution in [0.4, 0.5) is 0 Å². The largest absolute Gasteiger partial charge is 0.504 e. The number of rotatable bonds is 2. The zero-order chi connectivity index (χ0) is 13.4. The molecule has 2 aromatic rings. The van der Waals surface area contributed by atoms with Gasteiger partial charge in [-0.15, -0.1) is 11.6 Å². The molecule has 0 saturated heterocycles. The zero-order valence-corrected chi connectivity index (χ0v) is 10.6. The molecule has 0 atom stereocenters. The predicted molar refractivity (Wildman–Crippen MR) is 70.8 cm³/mol. The summed E-state index contributed by atoms with van der Waals surface area (Å²) in [5, 5.41) is 19.6. The second-order valence-corrected chi connectivity index (χ2v) is 4.52. The second-order valence-electron chi connectivity index (χ2n) is 4.14. The van der Waals surface area contributed by atoms with Crippen molar-refractivity contribution < 1.29 is 19.7 Å². The molecule has 4 nitrogen and oxygen atoms in total. The summed E-state index contributed by atoms with van der Waals surface area (Å²) in [6, 6.07) is 8.52. The Morgan fingerprint density at radius 2 is 1.68 bits per heavy atom. The van der Waals surface area contributed by atoms with Crippen molar-refractivity contribution in [3.8, 4) is 34.5 Å². The van der Waals surface area contributed by atoms with Crippen LogP contribution in [0.2, 0.25) is 0 Å². The molecule has 2 N–H and O–H groups in total. The van der Waals surface area contributed by atoms with Crippen molar-refractivity contribution in [1.29, 1.82) is 0 Å². The molecular formula is C14H11ClO4. The van der Waals surface area contributed by atoms with Crippen molar-refractivity contribution in [3.63, 3.8) is 0 Å². The summed E-state index contributed by atoms with van der Waals surface area (Å²) in [5.41, 5.74) is 0.444. The Kier molecular flexibility index (Phi) is 2.87. The molecule has 1 heterocycles. The number of para-hydroxylation sites is 2. The maximum absolute atomic E-state index is 9.89. The van der Waals surface area contributed by atoms with Gasteiger partial charge in [-0.3, -0.25) is 0 Å². The van der Waals surface area contributed by atoms with Gasteiger partial charge in [0.25, 0.3) is 0 Å². The SMILES string of the molecule is Oc1cc2c(c(CCCl)c1O)Oc1ccccc1O2. The first-order valence-corrected chi connectivity index (χ1v) is 6.32. The first-order chi connectivity index (χ1) is 9.20. The van der Waals surface area contributed by atoms with Gasteiger partial charge in [-0.1, -0.05) is 12.1 Å². The summed E-state index contributed by atoms with van der Waals surface area (Å²) >= 11 is 5.71. The standard InChI is InChI=1S/C14H11ClO4/c15-6-5-8-13(17)9(16)7-12-14(8)19-11-4-2-1-3-10(11)18-12/h1-4,7,16-17H,5-6H2. The normalized spacial score (nSPS) is 12.1. The quantitative estimate of drug-likeness (QED) is 0.553. The van der Waals surface area contributed by atoms with Gasteiger partial charge in [-0.25, -0.2) is 0 Å². The number of aromatic hydroxyl groups is 2. The lowest BCUT2D eigenvalue weighted by atomic mass is 10.1. The smallest absolute Gasteiger partial charge is 0.177 e.